The molecular weight excluding hydrogens is 422 g/mol. The minimum Gasteiger partial charge on any atom is -0.463 e. The number of carbonyl (C=O) groups excluding carboxylic acids is 2. The van der Waals surface area contributed by atoms with Crippen LogP contribution in [0.25, 0.3) is 0 Å². The molecule has 2 amide bonds. The molecule has 2 aliphatic rings. The van der Waals surface area contributed by atoms with Gasteiger partial charge < -0.3 is 15.4 Å². The lowest BCUT2D eigenvalue weighted by molar-refractivity contribution is -0.138. The normalized spacial score (nSPS) is 18.7. The molecule has 0 bridgehead atoms. The molecule has 0 spiro atoms. The number of esters is 1. The number of ether oxygens (including phenoxy) is 1. The maximum atomic E-state index is 13.4. The third-order valence-electron chi connectivity index (χ3n) is 4.82. The molecule has 12 heteroatoms. The molecule has 0 atom stereocenters. The zero-order valence-corrected chi connectivity index (χ0v) is 17.1. The summed E-state index contributed by atoms with van der Waals surface area (Å²) in [5.74, 6) is -2.87. The standard InChI is InChI=1S/C18H22F2N4O5S/c1-2-29-17(25)13-10-21-18(26)22-16(13)11-23-5-7-24(8-6-23)30(27,28)12-3-4-14(19)15(20)9-12/h3-4,9H,2,5-8,10-11H2,1H3,(H2,21,22,26). The van der Waals surface area contributed by atoms with Crippen molar-refractivity contribution in [3.05, 3.63) is 41.1 Å². The van der Waals surface area contributed by atoms with Crippen LogP contribution in [0.15, 0.2) is 34.4 Å². The maximum Gasteiger partial charge on any atom is 0.337 e. The molecule has 1 aromatic carbocycles. The van der Waals surface area contributed by atoms with Gasteiger partial charge in [-0.05, 0) is 25.1 Å². The van der Waals surface area contributed by atoms with Crippen molar-refractivity contribution in [1.29, 1.82) is 0 Å². The zero-order chi connectivity index (χ0) is 21.9. The van der Waals surface area contributed by atoms with Gasteiger partial charge in [0.25, 0.3) is 0 Å². The molecule has 2 heterocycles. The summed E-state index contributed by atoms with van der Waals surface area (Å²) in [6, 6.07) is 2.04. The quantitative estimate of drug-likeness (QED) is 0.615. The van der Waals surface area contributed by atoms with Crippen molar-refractivity contribution in [2.75, 3.05) is 45.9 Å². The van der Waals surface area contributed by atoms with E-state index < -0.39 is 33.7 Å². The number of nitrogens with one attached hydrogen (secondary N) is 2. The van der Waals surface area contributed by atoms with Crippen molar-refractivity contribution < 1.29 is 31.5 Å². The van der Waals surface area contributed by atoms with E-state index in [-0.39, 0.29) is 37.7 Å². The van der Waals surface area contributed by atoms with Crippen LogP contribution in [0, 0.1) is 11.6 Å². The van der Waals surface area contributed by atoms with Crippen LogP contribution < -0.4 is 10.6 Å². The minimum atomic E-state index is -3.96. The molecule has 9 nitrogen and oxygen atoms in total. The first kappa shape index (κ1) is 22.1. The van der Waals surface area contributed by atoms with E-state index in [1.807, 2.05) is 4.90 Å². The second-order valence-electron chi connectivity index (χ2n) is 6.74. The van der Waals surface area contributed by atoms with E-state index in [2.05, 4.69) is 10.6 Å². The lowest BCUT2D eigenvalue weighted by Gasteiger charge is -2.35. The molecule has 3 rings (SSSR count). The van der Waals surface area contributed by atoms with Gasteiger partial charge in [-0.1, -0.05) is 0 Å². The second kappa shape index (κ2) is 9.06. The van der Waals surface area contributed by atoms with Gasteiger partial charge in [0.15, 0.2) is 11.6 Å². The lowest BCUT2D eigenvalue weighted by atomic mass is 10.1. The second-order valence-corrected chi connectivity index (χ2v) is 8.68. The number of benzene rings is 1. The van der Waals surface area contributed by atoms with Gasteiger partial charge in [0.05, 0.1) is 23.6 Å². The van der Waals surface area contributed by atoms with Gasteiger partial charge in [0.1, 0.15) is 0 Å². The summed E-state index contributed by atoms with van der Waals surface area (Å²) in [5.41, 5.74) is 0.724. The van der Waals surface area contributed by atoms with Crippen LogP contribution in [0.5, 0.6) is 0 Å². The van der Waals surface area contributed by atoms with Crippen LogP contribution in [0.2, 0.25) is 0 Å². The van der Waals surface area contributed by atoms with E-state index in [4.69, 9.17) is 4.74 Å². The molecule has 0 aromatic heterocycles. The average Bonchev–Trinajstić information content (AvgIpc) is 2.70. The van der Waals surface area contributed by atoms with Gasteiger partial charge in [-0.3, -0.25) is 4.90 Å². The van der Waals surface area contributed by atoms with Crippen molar-refractivity contribution in [2.45, 2.75) is 11.8 Å². The van der Waals surface area contributed by atoms with Crippen LogP contribution in [0.1, 0.15) is 6.92 Å². The van der Waals surface area contributed by atoms with E-state index >= 15 is 0 Å². The zero-order valence-electron chi connectivity index (χ0n) is 16.3. The van der Waals surface area contributed by atoms with Gasteiger partial charge >= 0.3 is 12.0 Å². The van der Waals surface area contributed by atoms with Crippen molar-refractivity contribution >= 4 is 22.0 Å². The fraction of sp³-hybridized carbons (Fsp3) is 0.444. The highest BCUT2D eigenvalue weighted by Crippen LogP contribution is 2.20. The van der Waals surface area contributed by atoms with Gasteiger partial charge in [0, 0.05) is 38.4 Å². The number of nitrogens with zero attached hydrogens (tertiary/aromatic N) is 2. The maximum absolute atomic E-state index is 13.4. The van der Waals surface area contributed by atoms with Crippen LogP contribution in [0.3, 0.4) is 0 Å². The Morgan fingerprint density at radius 3 is 2.50 bits per heavy atom. The first-order chi connectivity index (χ1) is 14.2. The van der Waals surface area contributed by atoms with Crippen molar-refractivity contribution in [3.63, 3.8) is 0 Å². The van der Waals surface area contributed by atoms with Crippen LogP contribution in [-0.2, 0) is 19.6 Å². The number of sulfonamides is 1. The Morgan fingerprint density at radius 1 is 1.17 bits per heavy atom. The summed E-state index contributed by atoms with van der Waals surface area (Å²) < 4.78 is 58.1. The number of hydrogen-bond donors (Lipinski definition) is 2. The van der Waals surface area contributed by atoms with Crippen molar-refractivity contribution in [1.82, 2.24) is 19.8 Å². The van der Waals surface area contributed by atoms with Crippen LogP contribution in [0.4, 0.5) is 13.6 Å². The SMILES string of the molecule is CCOC(=O)C1=C(CN2CCN(S(=O)(=O)c3ccc(F)c(F)c3)CC2)NC(=O)NC1. The number of hydrogen-bond acceptors (Lipinski definition) is 6. The highest BCUT2D eigenvalue weighted by Gasteiger charge is 2.31. The van der Waals surface area contributed by atoms with Gasteiger partial charge in [-0.15, -0.1) is 0 Å². The van der Waals surface area contributed by atoms with Gasteiger partial charge in [0.2, 0.25) is 10.0 Å². The summed E-state index contributed by atoms with van der Waals surface area (Å²) >= 11 is 0. The highest BCUT2D eigenvalue weighted by atomic mass is 32.2. The topological polar surface area (TPSA) is 108 Å². The summed E-state index contributed by atoms with van der Waals surface area (Å²) in [4.78, 5) is 25.3. The number of urea groups is 1. The summed E-state index contributed by atoms with van der Waals surface area (Å²) in [6.45, 7) is 3.05. The molecule has 30 heavy (non-hydrogen) atoms. The third-order valence-corrected chi connectivity index (χ3v) is 6.71. The van der Waals surface area contributed by atoms with Crippen LogP contribution >= 0.6 is 0 Å². The first-order valence-corrected chi connectivity index (χ1v) is 10.8. The molecule has 1 saturated heterocycles. The van der Waals surface area contributed by atoms with E-state index in [1.54, 1.807) is 6.92 Å². The van der Waals surface area contributed by atoms with E-state index in [0.29, 0.717) is 30.4 Å². The van der Waals surface area contributed by atoms with E-state index in [9.17, 15) is 26.8 Å². The number of piperazine rings is 1. The monoisotopic (exact) mass is 444 g/mol. The Hall–Kier alpha value is -2.57. The molecule has 164 valence electrons. The summed E-state index contributed by atoms with van der Waals surface area (Å²) in [6.07, 6.45) is 0. The summed E-state index contributed by atoms with van der Waals surface area (Å²) in [5, 5.41) is 5.13. The first-order valence-electron chi connectivity index (χ1n) is 9.34. The molecule has 0 saturated carbocycles. The van der Waals surface area contributed by atoms with Crippen molar-refractivity contribution in [2.24, 2.45) is 0 Å². The molecule has 1 aromatic rings. The number of amides is 2. The molecule has 2 aliphatic heterocycles. The van der Waals surface area contributed by atoms with Gasteiger partial charge in [-0.25, -0.2) is 26.8 Å². The number of rotatable bonds is 6. The predicted octanol–water partition coefficient (Wildman–Crippen LogP) is 0.401. The van der Waals surface area contributed by atoms with Gasteiger partial charge in [-0.2, -0.15) is 4.31 Å². The minimum absolute atomic E-state index is 0.0461. The Morgan fingerprint density at radius 2 is 1.87 bits per heavy atom. The Balaban J connectivity index is 1.68. The third kappa shape index (κ3) is 4.77. The fourth-order valence-electron chi connectivity index (χ4n) is 3.22. The van der Waals surface area contributed by atoms with E-state index in [0.717, 1.165) is 12.1 Å². The fourth-order valence-corrected chi connectivity index (χ4v) is 4.65. The highest BCUT2D eigenvalue weighted by molar-refractivity contribution is 7.89. The predicted molar refractivity (Wildman–Crippen MR) is 102 cm³/mol. The molecule has 1 fully saturated rings. The van der Waals surface area contributed by atoms with E-state index in [1.165, 1.54) is 4.31 Å². The van der Waals surface area contributed by atoms with Crippen LogP contribution in [-0.4, -0.2) is 75.5 Å². The molecular formula is C18H22F2N4O5S. The Bertz CT molecular complexity index is 975. The molecule has 0 radical (unpaired) electrons. The number of halogens is 2. The van der Waals surface area contributed by atoms with Crippen molar-refractivity contribution in [3.8, 4) is 0 Å². The Labute approximate surface area is 172 Å². The largest absolute Gasteiger partial charge is 0.463 e. The number of carbonyl (C=O) groups is 2. The average molecular weight is 444 g/mol. The molecule has 2 N–H and O–H groups in total. The molecule has 0 aliphatic carbocycles. The smallest absolute Gasteiger partial charge is 0.337 e. The summed E-state index contributed by atoms with van der Waals surface area (Å²) in [7, 11) is -3.96. The molecule has 0 unspecified atom stereocenters. The lowest BCUT2D eigenvalue weighted by Crippen LogP contribution is -2.52. The Kier molecular flexibility index (Phi) is 6.68.